The number of allylic oxidation sites excluding steroid dienone is 6. The minimum atomic E-state index is -1.67. The number of aliphatic hydroxyl groups is 7. The molecule has 1 fully saturated rings. The highest BCUT2D eigenvalue weighted by Crippen LogP contribution is 2.24. The fraction of sp³-hybridized carbons (Fsp3) is 0.910. The quantitative estimate of drug-likeness (QED) is 0.0215. The summed E-state index contributed by atoms with van der Waals surface area (Å²) in [6, 6.07) is -1.19. The van der Waals surface area contributed by atoms with Crippen LogP contribution >= 0.6 is 0 Å². The van der Waals surface area contributed by atoms with Crippen LogP contribution in [0.15, 0.2) is 36.5 Å². The Morgan fingerprint density at radius 3 is 1.03 bits per heavy atom. The van der Waals surface area contributed by atoms with Gasteiger partial charge in [-0.1, -0.05) is 352 Å². The molecule has 11 heteroatoms. The fourth-order valence-electron chi connectivity index (χ4n) is 12.7. The van der Waals surface area contributed by atoms with Gasteiger partial charge in [0.2, 0.25) is 5.91 Å². The first-order chi connectivity index (χ1) is 43.7. The lowest BCUT2D eigenvalue weighted by atomic mass is 9.98. The van der Waals surface area contributed by atoms with E-state index in [0.717, 1.165) is 44.9 Å². The average molecular weight is 1260 g/mol. The van der Waals surface area contributed by atoms with E-state index < -0.39 is 74.2 Å². The molecule has 9 atom stereocenters. The van der Waals surface area contributed by atoms with Gasteiger partial charge in [-0.2, -0.15) is 0 Å². The Morgan fingerprint density at radius 2 is 0.697 bits per heavy atom. The summed E-state index contributed by atoms with van der Waals surface area (Å²) in [6.07, 6.45) is 75.4. The third kappa shape index (κ3) is 53.3. The number of nitrogens with one attached hydrogen (secondary N) is 1. The third-order valence-corrected chi connectivity index (χ3v) is 18.9. The van der Waals surface area contributed by atoms with Gasteiger partial charge in [0.15, 0.2) is 6.29 Å². The van der Waals surface area contributed by atoms with Crippen LogP contribution in [0.25, 0.3) is 0 Å². The molecule has 526 valence electrons. The highest BCUT2D eigenvalue weighted by atomic mass is 16.7. The number of hydrogen-bond acceptors (Lipinski definition) is 10. The predicted molar refractivity (Wildman–Crippen MR) is 376 cm³/mol. The maximum Gasteiger partial charge on any atom is 0.249 e. The highest BCUT2D eigenvalue weighted by Gasteiger charge is 2.44. The first-order valence-electron chi connectivity index (χ1n) is 38.9. The number of unbranched alkanes of at least 4 members (excludes halogenated alkanes) is 51. The molecule has 8 N–H and O–H groups in total. The van der Waals surface area contributed by atoms with Crippen LogP contribution in [0.2, 0.25) is 0 Å². The predicted octanol–water partition coefficient (Wildman–Crippen LogP) is 19.7. The van der Waals surface area contributed by atoms with E-state index in [1.54, 1.807) is 0 Å². The molecular formula is C78H149NO10. The zero-order valence-corrected chi connectivity index (χ0v) is 58.4. The minimum absolute atomic E-state index is 0.256. The van der Waals surface area contributed by atoms with E-state index in [0.29, 0.717) is 12.8 Å². The standard InChI is InChI=1S/C78H149NO10/c1-3-5-7-9-11-13-15-17-19-21-23-25-27-29-31-33-34-35-36-37-38-40-42-44-46-48-50-52-54-56-58-60-62-64-66-71(82)77(87)79-69(68-88-78-76(86)75(85)74(84)72(67-80)89-78)73(83)70(81)65-63-61-59-57-55-53-51-49-47-45-43-41-39-32-30-28-26-24-22-20-18-16-14-12-10-8-6-4-2/h27,29,33-34,57,59,69-76,78,80-86H,3-26,28,30-32,35-56,58,60-68H2,1-2H3,(H,79,87)/b29-27-,34-33-,59-57+. The SMILES string of the molecule is CCCCCCCCCCCCC/C=C\C/C=C\CCCCCCCCCCCCCCCCCCC(O)C(=O)NC(COC1OC(CO)C(O)C(O)C1O)C(O)C(O)CCC/C=C/CCCCCCCCCCCCCCCCCCCCCCCCC. The molecule has 0 aromatic heterocycles. The van der Waals surface area contributed by atoms with Gasteiger partial charge in [0.1, 0.15) is 36.6 Å². The van der Waals surface area contributed by atoms with Crippen LogP contribution in [0.3, 0.4) is 0 Å². The Labute approximate surface area is 549 Å². The summed E-state index contributed by atoms with van der Waals surface area (Å²) in [7, 11) is 0. The summed E-state index contributed by atoms with van der Waals surface area (Å²) in [6.45, 7) is 3.51. The molecule has 1 amide bonds. The van der Waals surface area contributed by atoms with Crippen molar-refractivity contribution < 1.29 is 50.0 Å². The summed E-state index contributed by atoms with van der Waals surface area (Å²) in [4.78, 5) is 13.3. The van der Waals surface area contributed by atoms with Gasteiger partial charge in [-0.25, -0.2) is 0 Å². The van der Waals surface area contributed by atoms with Crippen molar-refractivity contribution in [2.24, 2.45) is 0 Å². The third-order valence-electron chi connectivity index (χ3n) is 18.9. The maximum absolute atomic E-state index is 13.3. The van der Waals surface area contributed by atoms with Gasteiger partial charge in [-0.05, 0) is 70.6 Å². The lowest BCUT2D eigenvalue weighted by Crippen LogP contribution is -2.60. The number of amides is 1. The van der Waals surface area contributed by atoms with E-state index in [1.165, 1.54) is 302 Å². The van der Waals surface area contributed by atoms with Gasteiger partial charge in [0.25, 0.3) is 0 Å². The maximum atomic E-state index is 13.3. The normalized spacial score (nSPS) is 18.7. The Balaban J connectivity index is 2.16. The first-order valence-corrected chi connectivity index (χ1v) is 38.9. The fourth-order valence-corrected chi connectivity index (χ4v) is 12.7. The Kier molecular flexibility index (Phi) is 63.6. The summed E-state index contributed by atoms with van der Waals surface area (Å²) in [5, 5.41) is 76.6. The van der Waals surface area contributed by atoms with Crippen LogP contribution in [0.1, 0.15) is 386 Å². The van der Waals surface area contributed by atoms with Crippen molar-refractivity contribution in [3.63, 3.8) is 0 Å². The molecule has 9 unspecified atom stereocenters. The second kappa shape index (κ2) is 66.4. The van der Waals surface area contributed by atoms with Gasteiger partial charge in [0, 0.05) is 0 Å². The average Bonchev–Trinajstić information content (AvgIpc) is 1.72. The first kappa shape index (κ1) is 85.3. The number of aliphatic hydroxyl groups excluding tert-OH is 7. The summed E-state index contributed by atoms with van der Waals surface area (Å²) >= 11 is 0. The lowest BCUT2D eigenvalue weighted by Gasteiger charge is -2.40. The molecule has 0 aromatic rings. The van der Waals surface area contributed by atoms with Crippen LogP contribution in [0, 0.1) is 0 Å². The van der Waals surface area contributed by atoms with Gasteiger partial charge in [-0.3, -0.25) is 4.79 Å². The molecule has 0 radical (unpaired) electrons. The Hall–Kier alpha value is -1.67. The minimum Gasteiger partial charge on any atom is -0.394 e. The van der Waals surface area contributed by atoms with Gasteiger partial charge < -0.3 is 50.5 Å². The molecule has 1 aliphatic rings. The van der Waals surface area contributed by atoms with Gasteiger partial charge >= 0.3 is 0 Å². The van der Waals surface area contributed by atoms with Crippen LogP contribution in [0.5, 0.6) is 0 Å². The monoisotopic (exact) mass is 1260 g/mol. The topological polar surface area (TPSA) is 189 Å². The molecule has 1 aliphatic heterocycles. The van der Waals surface area contributed by atoms with Crippen molar-refractivity contribution in [1.29, 1.82) is 0 Å². The van der Waals surface area contributed by atoms with E-state index in [1.807, 2.05) is 0 Å². The Morgan fingerprint density at radius 1 is 0.393 bits per heavy atom. The number of carbonyl (C=O) groups excluding carboxylic acids is 1. The van der Waals surface area contributed by atoms with E-state index in [2.05, 4.69) is 55.6 Å². The largest absolute Gasteiger partial charge is 0.394 e. The number of ether oxygens (including phenoxy) is 2. The molecule has 1 saturated heterocycles. The van der Waals surface area contributed by atoms with Crippen LogP contribution in [-0.2, 0) is 14.3 Å². The molecule has 89 heavy (non-hydrogen) atoms. The van der Waals surface area contributed by atoms with Crippen molar-refractivity contribution >= 4 is 5.91 Å². The van der Waals surface area contributed by atoms with E-state index >= 15 is 0 Å². The van der Waals surface area contributed by atoms with Crippen molar-refractivity contribution in [3.05, 3.63) is 36.5 Å². The number of rotatable bonds is 69. The molecule has 0 bridgehead atoms. The van der Waals surface area contributed by atoms with E-state index in [-0.39, 0.29) is 12.8 Å². The van der Waals surface area contributed by atoms with Gasteiger partial charge in [-0.15, -0.1) is 0 Å². The second-order valence-electron chi connectivity index (χ2n) is 27.4. The molecule has 1 rings (SSSR count). The molecule has 1 heterocycles. The zero-order valence-electron chi connectivity index (χ0n) is 58.4. The van der Waals surface area contributed by atoms with Crippen molar-refractivity contribution in [2.45, 2.75) is 441 Å². The molecule has 11 nitrogen and oxygen atoms in total. The summed E-state index contributed by atoms with van der Waals surface area (Å²) in [5.74, 6) is -0.700. The van der Waals surface area contributed by atoms with E-state index in [4.69, 9.17) is 9.47 Å². The van der Waals surface area contributed by atoms with Crippen molar-refractivity contribution in [2.75, 3.05) is 13.2 Å². The molecular weight excluding hydrogens is 1110 g/mol. The number of carbonyl (C=O) groups is 1. The molecule has 0 aliphatic carbocycles. The highest BCUT2D eigenvalue weighted by molar-refractivity contribution is 5.80. The Bertz CT molecular complexity index is 1540. The second-order valence-corrected chi connectivity index (χ2v) is 27.4. The smallest absolute Gasteiger partial charge is 0.249 e. The number of hydrogen-bond donors (Lipinski definition) is 8. The molecule has 0 spiro atoms. The van der Waals surface area contributed by atoms with Crippen LogP contribution < -0.4 is 5.32 Å². The van der Waals surface area contributed by atoms with Gasteiger partial charge in [0.05, 0.1) is 25.4 Å². The van der Waals surface area contributed by atoms with Crippen molar-refractivity contribution in [3.8, 4) is 0 Å². The summed E-state index contributed by atoms with van der Waals surface area (Å²) in [5.41, 5.74) is 0. The summed E-state index contributed by atoms with van der Waals surface area (Å²) < 4.78 is 11.2. The zero-order chi connectivity index (χ0) is 64.6. The van der Waals surface area contributed by atoms with Crippen LogP contribution in [-0.4, -0.2) is 110 Å². The molecule has 0 aromatic carbocycles. The lowest BCUT2D eigenvalue weighted by molar-refractivity contribution is -0.303. The van der Waals surface area contributed by atoms with Crippen molar-refractivity contribution in [1.82, 2.24) is 5.32 Å². The van der Waals surface area contributed by atoms with Crippen LogP contribution in [0.4, 0.5) is 0 Å². The molecule has 0 saturated carbocycles. The van der Waals surface area contributed by atoms with E-state index in [9.17, 15) is 40.5 Å².